The van der Waals surface area contributed by atoms with Crippen LogP contribution in [0, 0.1) is 6.92 Å². The number of rotatable bonds is 6. The summed E-state index contributed by atoms with van der Waals surface area (Å²) in [5, 5.41) is 2.46. The summed E-state index contributed by atoms with van der Waals surface area (Å²) in [5.41, 5.74) is 0.549. The SMILES string of the molecule is CCOC(=O)c1sc(C(F)(F)F)cc1Nc1nc(Cl)nc2c1ccn2S(=O)(=O)c1ccc(C)cc1. The molecule has 184 valence electrons. The lowest BCUT2D eigenvalue weighted by Crippen LogP contribution is -2.13. The Balaban J connectivity index is 1.83. The topological polar surface area (TPSA) is 103 Å². The zero-order valence-corrected chi connectivity index (χ0v) is 20.4. The number of thiophene rings is 1. The maximum atomic E-state index is 13.3. The number of hydrogen-bond acceptors (Lipinski definition) is 8. The van der Waals surface area contributed by atoms with Gasteiger partial charge in [0.25, 0.3) is 10.0 Å². The first kappa shape index (κ1) is 24.9. The Kier molecular flexibility index (Phi) is 6.51. The van der Waals surface area contributed by atoms with Gasteiger partial charge < -0.3 is 10.1 Å². The molecule has 0 radical (unpaired) electrons. The van der Waals surface area contributed by atoms with Gasteiger partial charge in [0.1, 0.15) is 15.6 Å². The van der Waals surface area contributed by atoms with Crippen LogP contribution < -0.4 is 5.32 Å². The average molecular weight is 545 g/mol. The molecule has 14 heteroatoms. The highest BCUT2D eigenvalue weighted by Gasteiger charge is 2.35. The fraction of sp³-hybridized carbons (Fsp3) is 0.190. The van der Waals surface area contributed by atoms with Crippen molar-refractivity contribution in [1.82, 2.24) is 13.9 Å². The summed E-state index contributed by atoms with van der Waals surface area (Å²) in [6.07, 6.45) is -3.47. The molecule has 35 heavy (non-hydrogen) atoms. The molecule has 0 saturated heterocycles. The molecule has 1 N–H and O–H groups in total. The number of carbonyl (C=O) groups is 1. The fourth-order valence-electron chi connectivity index (χ4n) is 3.18. The van der Waals surface area contributed by atoms with Crippen LogP contribution in [0.4, 0.5) is 24.7 Å². The molecule has 0 unspecified atom stereocenters. The number of ether oxygens (including phenoxy) is 1. The van der Waals surface area contributed by atoms with Gasteiger partial charge in [0.15, 0.2) is 5.65 Å². The molecule has 0 aliphatic heterocycles. The Morgan fingerprint density at radius 3 is 2.51 bits per heavy atom. The Labute approximate surface area is 206 Å². The highest BCUT2D eigenvalue weighted by atomic mass is 35.5. The van der Waals surface area contributed by atoms with Gasteiger partial charge in [0.2, 0.25) is 5.28 Å². The van der Waals surface area contributed by atoms with E-state index >= 15 is 0 Å². The van der Waals surface area contributed by atoms with Gasteiger partial charge in [0.05, 0.1) is 22.6 Å². The summed E-state index contributed by atoms with van der Waals surface area (Å²) in [7, 11) is -4.07. The van der Waals surface area contributed by atoms with E-state index < -0.39 is 27.0 Å². The van der Waals surface area contributed by atoms with Crippen molar-refractivity contribution < 1.29 is 31.1 Å². The number of halogens is 4. The summed E-state index contributed by atoms with van der Waals surface area (Å²) in [4.78, 5) is 18.9. The number of alkyl halides is 3. The lowest BCUT2D eigenvalue weighted by molar-refractivity contribution is -0.134. The number of nitrogens with one attached hydrogen (secondary N) is 1. The first-order valence-electron chi connectivity index (χ1n) is 9.94. The number of hydrogen-bond donors (Lipinski definition) is 1. The molecular weight excluding hydrogens is 529 g/mol. The maximum absolute atomic E-state index is 13.3. The van der Waals surface area contributed by atoms with Gasteiger partial charge in [-0.2, -0.15) is 23.1 Å². The van der Waals surface area contributed by atoms with Gasteiger partial charge in [-0.3, -0.25) is 0 Å². The molecule has 0 aliphatic rings. The number of carbonyl (C=O) groups excluding carboxylic acids is 1. The zero-order chi connectivity index (χ0) is 25.5. The minimum absolute atomic E-state index is 0.00194. The van der Waals surface area contributed by atoms with Crippen LogP contribution in [0.1, 0.15) is 27.0 Å². The third-order valence-electron chi connectivity index (χ3n) is 4.79. The van der Waals surface area contributed by atoms with Crippen molar-refractivity contribution in [1.29, 1.82) is 0 Å². The molecule has 0 bridgehead atoms. The van der Waals surface area contributed by atoms with Crippen molar-refractivity contribution >= 4 is 61.5 Å². The number of aryl methyl sites for hydroxylation is 1. The molecule has 0 saturated carbocycles. The molecule has 0 atom stereocenters. The number of benzene rings is 1. The monoisotopic (exact) mass is 544 g/mol. The predicted octanol–water partition coefficient (Wildman–Crippen LogP) is 5.63. The van der Waals surface area contributed by atoms with Crippen LogP contribution in [-0.2, 0) is 20.9 Å². The molecule has 0 fully saturated rings. The van der Waals surface area contributed by atoms with Crippen LogP contribution in [-0.4, -0.2) is 34.9 Å². The van der Waals surface area contributed by atoms with Gasteiger partial charge in [-0.25, -0.2) is 17.2 Å². The second kappa shape index (κ2) is 9.13. The second-order valence-corrected chi connectivity index (χ2v) is 10.4. The number of anilines is 2. The molecule has 8 nitrogen and oxygen atoms in total. The molecule has 4 rings (SSSR count). The Hall–Kier alpha value is -3.16. The smallest absolute Gasteiger partial charge is 0.425 e. The minimum Gasteiger partial charge on any atom is -0.462 e. The van der Waals surface area contributed by atoms with Crippen molar-refractivity contribution in [2.45, 2.75) is 24.9 Å². The Bertz CT molecular complexity index is 1530. The van der Waals surface area contributed by atoms with E-state index in [0.717, 1.165) is 15.6 Å². The van der Waals surface area contributed by atoms with E-state index in [-0.39, 0.29) is 55.5 Å². The molecule has 3 heterocycles. The van der Waals surface area contributed by atoms with Gasteiger partial charge in [-0.1, -0.05) is 17.7 Å². The van der Waals surface area contributed by atoms with Crippen LogP contribution in [0.5, 0.6) is 0 Å². The summed E-state index contributed by atoms with van der Waals surface area (Å²) in [5.74, 6) is -1.04. The Morgan fingerprint density at radius 1 is 1.20 bits per heavy atom. The van der Waals surface area contributed by atoms with Gasteiger partial charge in [-0.05, 0) is 49.7 Å². The van der Waals surface area contributed by atoms with E-state index in [1.54, 1.807) is 12.1 Å². The molecule has 0 amide bonds. The number of nitrogens with zero attached hydrogens (tertiary/aromatic N) is 3. The molecule has 0 spiro atoms. The third kappa shape index (κ3) is 4.83. The van der Waals surface area contributed by atoms with Crippen LogP contribution in [0.2, 0.25) is 5.28 Å². The molecule has 3 aromatic heterocycles. The lowest BCUT2D eigenvalue weighted by Gasteiger charge is -2.10. The molecular formula is C21H16ClF3N4O4S2. The molecule has 0 aliphatic carbocycles. The lowest BCUT2D eigenvalue weighted by atomic mass is 10.2. The Morgan fingerprint density at radius 2 is 1.89 bits per heavy atom. The molecule has 1 aromatic carbocycles. The fourth-order valence-corrected chi connectivity index (χ4v) is 5.51. The number of esters is 1. The van der Waals surface area contributed by atoms with Gasteiger partial charge >= 0.3 is 12.1 Å². The van der Waals surface area contributed by atoms with Crippen LogP contribution >= 0.6 is 22.9 Å². The normalized spacial score (nSPS) is 12.2. The zero-order valence-electron chi connectivity index (χ0n) is 18.1. The highest BCUT2D eigenvalue weighted by Crippen LogP contribution is 2.41. The van der Waals surface area contributed by atoms with Crippen molar-refractivity contribution in [2.24, 2.45) is 0 Å². The van der Waals surface area contributed by atoms with Crippen molar-refractivity contribution in [3.63, 3.8) is 0 Å². The van der Waals surface area contributed by atoms with E-state index in [4.69, 9.17) is 16.3 Å². The van der Waals surface area contributed by atoms with E-state index in [0.29, 0.717) is 0 Å². The second-order valence-electron chi connectivity index (χ2n) is 7.20. The average Bonchev–Trinajstić information content (AvgIpc) is 3.39. The first-order valence-corrected chi connectivity index (χ1v) is 12.6. The predicted molar refractivity (Wildman–Crippen MR) is 125 cm³/mol. The summed E-state index contributed by atoms with van der Waals surface area (Å²) < 4.78 is 72.1. The van der Waals surface area contributed by atoms with Crippen molar-refractivity contribution in [3.8, 4) is 0 Å². The minimum atomic E-state index is -4.70. The highest BCUT2D eigenvalue weighted by molar-refractivity contribution is 7.90. The van der Waals surface area contributed by atoms with Crippen molar-refractivity contribution in [3.05, 3.63) is 63.2 Å². The van der Waals surface area contributed by atoms with Gasteiger partial charge in [0, 0.05) is 6.20 Å². The third-order valence-corrected chi connectivity index (χ3v) is 7.80. The van der Waals surface area contributed by atoms with E-state index in [2.05, 4.69) is 15.3 Å². The van der Waals surface area contributed by atoms with E-state index in [1.807, 2.05) is 6.92 Å². The van der Waals surface area contributed by atoms with E-state index in [9.17, 15) is 26.4 Å². The van der Waals surface area contributed by atoms with Crippen molar-refractivity contribution in [2.75, 3.05) is 11.9 Å². The number of aromatic nitrogens is 3. The summed E-state index contributed by atoms with van der Waals surface area (Å²) >= 11 is 6.24. The van der Waals surface area contributed by atoms with Crippen LogP contribution in [0.3, 0.4) is 0 Å². The van der Waals surface area contributed by atoms with Crippen LogP contribution in [0.25, 0.3) is 11.0 Å². The maximum Gasteiger partial charge on any atom is 0.425 e. The number of fused-ring (bicyclic) bond motifs is 1. The van der Waals surface area contributed by atoms with Gasteiger partial charge in [-0.15, -0.1) is 11.3 Å². The van der Waals surface area contributed by atoms with Crippen LogP contribution in [0.15, 0.2) is 47.5 Å². The first-order chi connectivity index (χ1) is 16.4. The summed E-state index contributed by atoms with van der Waals surface area (Å²) in [6, 6.07) is 8.28. The molecule has 4 aromatic rings. The quantitative estimate of drug-likeness (QED) is 0.248. The summed E-state index contributed by atoms with van der Waals surface area (Å²) in [6.45, 7) is 3.29. The standard InChI is InChI=1S/C21H16ClF3N4O4S2/c1-3-33-19(30)16-14(10-15(34-16)21(23,24)25)26-17-13-8-9-29(18(13)28-20(22)27-17)35(31,32)12-6-4-11(2)5-7-12/h4-10H,3H2,1-2H3,(H,26,27,28). The van der Waals surface area contributed by atoms with E-state index in [1.165, 1.54) is 31.3 Å². The largest absolute Gasteiger partial charge is 0.462 e.